The van der Waals surface area contributed by atoms with E-state index in [4.69, 9.17) is 5.11 Å². The van der Waals surface area contributed by atoms with E-state index >= 15 is 0 Å². The third-order valence-electron chi connectivity index (χ3n) is 1.41. The predicted octanol–water partition coefficient (Wildman–Crippen LogP) is 0.956. The van der Waals surface area contributed by atoms with E-state index in [1.165, 1.54) is 6.92 Å². The molecule has 0 aliphatic heterocycles. The second-order valence-electron chi connectivity index (χ2n) is 2.67. The van der Waals surface area contributed by atoms with E-state index in [-0.39, 0.29) is 24.2 Å². The van der Waals surface area contributed by atoms with Gasteiger partial charge in [-0.1, -0.05) is 6.92 Å². The fourth-order valence-electron chi connectivity index (χ4n) is 0.806. The number of carboxylic acid groups (broad SMARTS) is 1. The Morgan fingerprint density at radius 2 is 1.85 bits per heavy atom. The highest BCUT2D eigenvalue weighted by molar-refractivity contribution is 6.06. The van der Waals surface area contributed by atoms with Crippen LogP contribution < -0.4 is 0 Å². The first-order chi connectivity index (χ1) is 5.97. The molecule has 0 saturated carbocycles. The van der Waals surface area contributed by atoms with Gasteiger partial charge in [0, 0.05) is 5.57 Å². The Labute approximate surface area is 76.2 Å². The second kappa shape index (κ2) is 5.24. The van der Waals surface area contributed by atoms with Crippen LogP contribution in [0.4, 0.5) is 0 Å². The number of carboxylic acids is 1. The first-order valence-corrected chi connectivity index (χ1v) is 3.93. The molecule has 1 N–H and O–H groups in total. The summed E-state index contributed by atoms with van der Waals surface area (Å²) in [4.78, 5) is 31.9. The highest BCUT2D eigenvalue weighted by Gasteiger charge is 2.08. The molecule has 0 aliphatic rings. The van der Waals surface area contributed by atoms with Gasteiger partial charge in [-0.05, 0) is 19.4 Å². The summed E-state index contributed by atoms with van der Waals surface area (Å²) in [6, 6.07) is 0. The SMILES string of the molecule is CCC(=CC(=O)CC(C)=O)C(=O)O. The van der Waals surface area contributed by atoms with Gasteiger partial charge < -0.3 is 5.11 Å². The molecule has 0 rings (SSSR count). The van der Waals surface area contributed by atoms with Gasteiger partial charge in [0.25, 0.3) is 0 Å². The van der Waals surface area contributed by atoms with E-state index in [1.807, 2.05) is 0 Å². The van der Waals surface area contributed by atoms with Crippen LogP contribution in [0.15, 0.2) is 11.6 Å². The van der Waals surface area contributed by atoms with Crippen molar-refractivity contribution in [2.24, 2.45) is 0 Å². The van der Waals surface area contributed by atoms with Gasteiger partial charge in [0.15, 0.2) is 5.78 Å². The third kappa shape index (κ3) is 4.90. The van der Waals surface area contributed by atoms with Gasteiger partial charge in [0.05, 0.1) is 6.42 Å². The number of Topliss-reactive ketones (excluding diaryl/α,β-unsaturated/α-hetero) is 1. The molecule has 0 spiro atoms. The minimum absolute atomic E-state index is 0.0336. The average molecular weight is 184 g/mol. The van der Waals surface area contributed by atoms with E-state index in [0.717, 1.165) is 6.08 Å². The molecule has 0 fully saturated rings. The number of allylic oxidation sites excluding steroid dienone is 1. The Bertz CT molecular complexity index is 263. The van der Waals surface area contributed by atoms with Crippen LogP contribution in [-0.4, -0.2) is 22.6 Å². The summed E-state index contributed by atoms with van der Waals surface area (Å²) in [6.07, 6.45) is 1.07. The lowest BCUT2D eigenvalue weighted by Crippen LogP contribution is -2.06. The maximum atomic E-state index is 11.0. The molecule has 0 heterocycles. The molecule has 72 valence electrons. The van der Waals surface area contributed by atoms with Crippen molar-refractivity contribution < 1.29 is 19.5 Å². The van der Waals surface area contributed by atoms with Crippen LogP contribution in [0.5, 0.6) is 0 Å². The number of carbonyl (C=O) groups is 3. The van der Waals surface area contributed by atoms with E-state index in [0.29, 0.717) is 0 Å². The molecular weight excluding hydrogens is 172 g/mol. The number of ketones is 2. The largest absolute Gasteiger partial charge is 0.478 e. The topological polar surface area (TPSA) is 71.4 Å². The Hall–Kier alpha value is -1.45. The van der Waals surface area contributed by atoms with Crippen LogP contribution in [0.25, 0.3) is 0 Å². The number of hydrogen-bond donors (Lipinski definition) is 1. The zero-order valence-electron chi connectivity index (χ0n) is 7.66. The maximum Gasteiger partial charge on any atom is 0.331 e. The van der Waals surface area contributed by atoms with Gasteiger partial charge in [-0.2, -0.15) is 0 Å². The number of rotatable bonds is 5. The summed E-state index contributed by atoms with van der Waals surface area (Å²) >= 11 is 0. The van der Waals surface area contributed by atoms with Gasteiger partial charge >= 0.3 is 5.97 Å². The second-order valence-corrected chi connectivity index (χ2v) is 2.67. The smallest absolute Gasteiger partial charge is 0.331 e. The summed E-state index contributed by atoms with van der Waals surface area (Å²) in [5.41, 5.74) is 0.0336. The first-order valence-electron chi connectivity index (χ1n) is 3.93. The zero-order valence-corrected chi connectivity index (χ0v) is 7.66. The van der Waals surface area contributed by atoms with E-state index in [1.54, 1.807) is 6.92 Å². The molecule has 4 heteroatoms. The highest BCUT2D eigenvalue weighted by atomic mass is 16.4. The molecule has 0 aromatic heterocycles. The van der Waals surface area contributed by atoms with Crippen LogP contribution in [-0.2, 0) is 14.4 Å². The molecule has 13 heavy (non-hydrogen) atoms. The van der Waals surface area contributed by atoms with Crippen molar-refractivity contribution in [3.05, 3.63) is 11.6 Å². The number of carbonyl (C=O) groups excluding carboxylic acids is 2. The molecule has 0 unspecified atom stereocenters. The maximum absolute atomic E-state index is 11.0. The Kier molecular flexibility index (Phi) is 4.66. The lowest BCUT2D eigenvalue weighted by Gasteiger charge is -1.95. The Morgan fingerprint density at radius 1 is 1.31 bits per heavy atom. The van der Waals surface area contributed by atoms with E-state index in [2.05, 4.69) is 0 Å². The van der Waals surface area contributed by atoms with Crippen molar-refractivity contribution in [1.29, 1.82) is 0 Å². The van der Waals surface area contributed by atoms with Gasteiger partial charge in [0.2, 0.25) is 0 Å². The normalized spacial score (nSPS) is 11.1. The fraction of sp³-hybridized carbons (Fsp3) is 0.444. The predicted molar refractivity (Wildman–Crippen MR) is 46.3 cm³/mol. The highest BCUT2D eigenvalue weighted by Crippen LogP contribution is 2.01. The Morgan fingerprint density at radius 3 is 2.15 bits per heavy atom. The van der Waals surface area contributed by atoms with Crippen LogP contribution in [0.3, 0.4) is 0 Å². The summed E-state index contributed by atoms with van der Waals surface area (Å²) < 4.78 is 0. The van der Waals surface area contributed by atoms with Crippen LogP contribution in [0.1, 0.15) is 26.7 Å². The number of aliphatic carboxylic acids is 1. The monoisotopic (exact) mass is 184 g/mol. The van der Waals surface area contributed by atoms with E-state index < -0.39 is 11.8 Å². The average Bonchev–Trinajstić information content (AvgIpc) is 1.98. The molecule has 0 aromatic carbocycles. The first kappa shape index (κ1) is 11.6. The van der Waals surface area contributed by atoms with E-state index in [9.17, 15) is 14.4 Å². The van der Waals surface area contributed by atoms with Crippen molar-refractivity contribution in [2.75, 3.05) is 0 Å². The van der Waals surface area contributed by atoms with Crippen molar-refractivity contribution in [2.45, 2.75) is 26.7 Å². The summed E-state index contributed by atoms with van der Waals surface area (Å²) in [5.74, 6) is -1.83. The van der Waals surface area contributed by atoms with Crippen LogP contribution in [0.2, 0.25) is 0 Å². The summed E-state index contributed by atoms with van der Waals surface area (Å²) in [5, 5.41) is 8.55. The molecule has 0 atom stereocenters. The molecule has 0 radical (unpaired) electrons. The van der Waals surface area contributed by atoms with Crippen molar-refractivity contribution >= 4 is 17.5 Å². The molecule has 0 aliphatic carbocycles. The quantitative estimate of drug-likeness (QED) is 0.510. The fourth-order valence-corrected chi connectivity index (χ4v) is 0.806. The number of hydrogen-bond acceptors (Lipinski definition) is 3. The third-order valence-corrected chi connectivity index (χ3v) is 1.41. The lowest BCUT2D eigenvalue weighted by atomic mass is 10.1. The minimum Gasteiger partial charge on any atom is -0.478 e. The van der Waals surface area contributed by atoms with Crippen molar-refractivity contribution in [3.63, 3.8) is 0 Å². The van der Waals surface area contributed by atoms with Crippen molar-refractivity contribution in [3.8, 4) is 0 Å². The standard InChI is InChI=1S/C9H12O4/c1-3-7(9(12)13)5-8(11)4-6(2)10/h5H,3-4H2,1-2H3,(H,12,13). The molecule has 0 aromatic rings. The van der Waals surface area contributed by atoms with Crippen LogP contribution in [0, 0.1) is 0 Å². The minimum atomic E-state index is -1.11. The van der Waals surface area contributed by atoms with Crippen molar-refractivity contribution in [1.82, 2.24) is 0 Å². The molecule has 0 bridgehead atoms. The Balaban J connectivity index is 4.42. The van der Waals surface area contributed by atoms with Crippen LogP contribution >= 0.6 is 0 Å². The summed E-state index contributed by atoms with van der Waals surface area (Å²) in [7, 11) is 0. The van der Waals surface area contributed by atoms with Gasteiger partial charge in [0.1, 0.15) is 5.78 Å². The van der Waals surface area contributed by atoms with Gasteiger partial charge in [-0.15, -0.1) is 0 Å². The van der Waals surface area contributed by atoms with Gasteiger partial charge in [-0.3, -0.25) is 9.59 Å². The molecule has 0 amide bonds. The molecular formula is C9H12O4. The summed E-state index contributed by atoms with van der Waals surface area (Å²) in [6.45, 7) is 2.93. The lowest BCUT2D eigenvalue weighted by molar-refractivity contribution is -0.133. The zero-order chi connectivity index (χ0) is 10.4. The molecule has 4 nitrogen and oxygen atoms in total. The molecule has 0 saturated heterocycles. The van der Waals surface area contributed by atoms with Gasteiger partial charge in [-0.25, -0.2) is 4.79 Å².